The Kier molecular flexibility index (Phi) is 13.6. The molecule has 23 heavy (non-hydrogen) atoms. The van der Waals surface area contributed by atoms with Crippen molar-refractivity contribution >= 4 is 22.2 Å². The summed E-state index contributed by atoms with van der Waals surface area (Å²) in [5.41, 5.74) is 1.41. The quantitative estimate of drug-likeness (QED) is 0.458. The minimum absolute atomic E-state index is 0. The molecule has 1 aromatic rings. The zero-order valence-corrected chi connectivity index (χ0v) is 18.9. The molecular formula is C18H33Li2NSi2. The number of rotatable bonds is 9. The van der Waals surface area contributed by atoms with Crippen LogP contribution in [0.15, 0.2) is 18.2 Å². The first-order chi connectivity index (χ1) is 10.1. The van der Waals surface area contributed by atoms with E-state index in [2.05, 4.69) is 70.0 Å². The number of benzene rings is 1. The van der Waals surface area contributed by atoms with Gasteiger partial charge in [-0.15, -0.1) is 0 Å². The Morgan fingerprint density at radius 1 is 0.696 bits per heavy atom. The smallest absolute Gasteiger partial charge is 0.532 e. The molecule has 0 aliphatic heterocycles. The van der Waals surface area contributed by atoms with Gasteiger partial charge in [-0.3, -0.25) is 12.1 Å². The van der Waals surface area contributed by atoms with Crippen LogP contribution in [0, 0.1) is 12.1 Å². The summed E-state index contributed by atoms with van der Waals surface area (Å²) in [5, 5.41) is 0. The number of hydrogen-bond acceptors (Lipinski definition) is 1. The summed E-state index contributed by atoms with van der Waals surface area (Å²) in [6, 6.07) is 21.0. The van der Waals surface area contributed by atoms with Crippen LogP contribution in [0.25, 0.3) is 0 Å². The van der Waals surface area contributed by atoms with E-state index in [1.165, 1.54) is 42.0 Å². The van der Waals surface area contributed by atoms with E-state index in [0.29, 0.717) is 0 Å². The molecule has 1 aromatic carbocycles. The molecule has 1 rings (SSSR count). The second-order valence-electron chi connectivity index (χ2n) is 6.10. The first-order valence-electron chi connectivity index (χ1n) is 8.77. The summed E-state index contributed by atoms with van der Waals surface area (Å²) >= 11 is 0. The molecule has 0 fully saturated rings. The molecule has 1 nitrogen and oxygen atoms in total. The Hall–Kier alpha value is 0.649. The van der Waals surface area contributed by atoms with E-state index in [0.717, 1.165) is 0 Å². The van der Waals surface area contributed by atoms with Gasteiger partial charge in [-0.25, -0.2) is 5.69 Å². The van der Waals surface area contributed by atoms with E-state index >= 15 is 0 Å². The van der Waals surface area contributed by atoms with E-state index in [9.17, 15) is 0 Å². The molecule has 0 heterocycles. The molecular weight excluding hydrogens is 300 g/mol. The predicted octanol–water partition coefficient (Wildman–Crippen LogP) is 0.112. The van der Waals surface area contributed by atoms with Gasteiger partial charge in [-0.05, 0) is 36.3 Å². The van der Waals surface area contributed by atoms with Crippen molar-refractivity contribution in [3.05, 3.63) is 30.3 Å². The molecule has 0 amide bonds. The SMILES string of the molecule is CC[Si](CC)(CC)N(c1c[c-]c[c-]c1)[Si](CC)(CC)CC.[Li+].[Li+]. The van der Waals surface area contributed by atoms with Gasteiger partial charge >= 0.3 is 37.7 Å². The van der Waals surface area contributed by atoms with Crippen LogP contribution >= 0.6 is 0 Å². The van der Waals surface area contributed by atoms with E-state index in [4.69, 9.17) is 0 Å². The molecule has 0 bridgehead atoms. The largest absolute Gasteiger partial charge is 1.00 e. The van der Waals surface area contributed by atoms with Crippen molar-refractivity contribution in [2.75, 3.05) is 4.23 Å². The Morgan fingerprint density at radius 2 is 1.00 bits per heavy atom. The maximum atomic E-state index is 3.28. The van der Waals surface area contributed by atoms with Crippen LogP contribution in [0.2, 0.25) is 36.3 Å². The van der Waals surface area contributed by atoms with Crippen molar-refractivity contribution in [1.82, 2.24) is 0 Å². The van der Waals surface area contributed by atoms with E-state index in [-0.39, 0.29) is 37.7 Å². The number of anilines is 1. The Morgan fingerprint density at radius 3 is 1.26 bits per heavy atom. The standard InChI is InChI=1S/C18H33NSi2.2Li/c1-7-20(8-2,9-3)19(18-16-14-13-15-17-18)21(10-4,11-5)12-6;;/h13,16-17H,7-12H2,1-6H3;;/q-2;2*+1. The zero-order valence-electron chi connectivity index (χ0n) is 16.9. The fourth-order valence-corrected chi connectivity index (χ4v) is 17.1. The normalized spacial score (nSPS) is 11.4. The molecule has 0 atom stereocenters. The summed E-state index contributed by atoms with van der Waals surface area (Å²) in [5.74, 6) is 0. The molecule has 0 unspecified atom stereocenters. The Balaban J connectivity index is 0. The van der Waals surface area contributed by atoms with Crippen molar-refractivity contribution in [1.29, 1.82) is 0 Å². The molecule has 120 valence electrons. The fraction of sp³-hybridized carbons (Fsp3) is 0.667. The van der Waals surface area contributed by atoms with Crippen LogP contribution in [0.4, 0.5) is 5.69 Å². The summed E-state index contributed by atoms with van der Waals surface area (Å²) in [4.78, 5) is 0. The van der Waals surface area contributed by atoms with Crippen molar-refractivity contribution in [3.63, 3.8) is 0 Å². The van der Waals surface area contributed by atoms with Crippen LogP contribution in [0.1, 0.15) is 41.5 Å². The minimum Gasteiger partial charge on any atom is -0.532 e. The predicted molar refractivity (Wildman–Crippen MR) is 101 cm³/mol. The Bertz CT molecular complexity index is 370. The van der Waals surface area contributed by atoms with Gasteiger partial charge < -0.3 is 22.4 Å². The number of nitrogens with zero attached hydrogens (tertiary/aromatic N) is 1. The molecule has 0 radical (unpaired) electrons. The second kappa shape index (κ2) is 12.1. The molecule has 0 aromatic heterocycles. The average molecular weight is 334 g/mol. The topological polar surface area (TPSA) is 3.24 Å². The zero-order chi connectivity index (χ0) is 15.9. The Labute approximate surface area is 171 Å². The van der Waals surface area contributed by atoms with Crippen molar-refractivity contribution in [2.24, 2.45) is 0 Å². The first kappa shape index (κ1) is 25.9. The molecule has 0 saturated carbocycles. The van der Waals surface area contributed by atoms with Crippen molar-refractivity contribution < 1.29 is 37.7 Å². The van der Waals surface area contributed by atoms with Gasteiger partial charge in [0.05, 0.1) is 0 Å². The van der Waals surface area contributed by atoms with Gasteiger partial charge in [0, 0.05) is 0 Å². The third kappa shape index (κ3) is 5.31. The minimum atomic E-state index is -1.43. The molecule has 5 heteroatoms. The molecule has 0 N–H and O–H groups in total. The van der Waals surface area contributed by atoms with Gasteiger partial charge in [0.25, 0.3) is 0 Å². The maximum Gasteiger partial charge on any atom is 1.00 e. The van der Waals surface area contributed by atoms with Gasteiger partial charge in [0.2, 0.25) is 0 Å². The maximum absolute atomic E-state index is 3.28. The van der Waals surface area contributed by atoms with Crippen molar-refractivity contribution in [3.8, 4) is 0 Å². The van der Waals surface area contributed by atoms with Crippen molar-refractivity contribution in [2.45, 2.75) is 77.8 Å². The summed E-state index contributed by atoms with van der Waals surface area (Å²) in [6.45, 7) is 14.5. The van der Waals surface area contributed by atoms with E-state index < -0.39 is 16.5 Å². The summed E-state index contributed by atoms with van der Waals surface area (Å²) < 4.78 is 3.01. The van der Waals surface area contributed by atoms with E-state index in [1.807, 2.05) is 6.07 Å². The monoisotopic (exact) mass is 333 g/mol. The van der Waals surface area contributed by atoms with Gasteiger partial charge in [-0.1, -0.05) is 41.5 Å². The molecule has 0 aliphatic rings. The van der Waals surface area contributed by atoms with Gasteiger partial charge in [0.1, 0.15) is 16.5 Å². The summed E-state index contributed by atoms with van der Waals surface area (Å²) in [7, 11) is -2.86. The molecule has 0 saturated heterocycles. The third-order valence-electron chi connectivity index (χ3n) is 5.78. The van der Waals surface area contributed by atoms with Gasteiger partial charge in [-0.2, -0.15) is 0 Å². The van der Waals surface area contributed by atoms with E-state index in [1.54, 1.807) is 0 Å². The van der Waals surface area contributed by atoms with Gasteiger partial charge in [0.15, 0.2) is 0 Å². The second-order valence-corrected chi connectivity index (χ2v) is 16.6. The van der Waals surface area contributed by atoms with Crippen LogP contribution in [-0.4, -0.2) is 16.5 Å². The molecule has 0 spiro atoms. The average Bonchev–Trinajstić information content (AvgIpc) is 2.57. The number of hydrogen-bond donors (Lipinski definition) is 0. The third-order valence-corrected chi connectivity index (χ3v) is 18.9. The first-order valence-corrected chi connectivity index (χ1v) is 13.9. The van der Waals surface area contributed by atoms with Crippen LogP contribution in [0.5, 0.6) is 0 Å². The van der Waals surface area contributed by atoms with Crippen LogP contribution in [0.3, 0.4) is 0 Å². The fourth-order valence-electron chi connectivity index (χ4n) is 3.97. The molecule has 0 aliphatic carbocycles. The van der Waals surface area contributed by atoms with Crippen LogP contribution in [-0.2, 0) is 0 Å². The van der Waals surface area contributed by atoms with Crippen LogP contribution < -0.4 is 42.0 Å². The summed E-state index contributed by atoms with van der Waals surface area (Å²) in [6.07, 6.45) is 0.